The average molecular weight is 462 g/mol. The third-order valence-corrected chi connectivity index (χ3v) is 4.48. The van der Waals surface area contributed by atoms with Gasteiger partial charge in [-0.2, -0.15) is 0 Å². The molecule has 2 aromatic carbocycles. The van der Waals surface area contributed by atoms with Crippen molar-refractivity contribution in [3.63, 3.8) is 0 Å². The van der Waals surface area contributed by atoms with E-state index in [9.17, 15) is 14.4 Å². The van der Waals surface area contributed by atoms with Gasteiger partial charge in [0.2, 0.25) is 5.91 Å². The van der Waals surface area contributed by atoms with Gasteiger partial charge in [0.15, 0.2) is 6.61 Å². The molecule has 3 amide bonds. The quantitative estimate of drug-likeness (QED) is 0.573. The number of nitrogens with one attached hydrogen (secondary N) is 3. The first-order valence-electron chi connectivity index (χ1n) is 9.07. The highest BCUT2D eigenvalue weighted by Gasteiger charge is 2.11. The summed E-state index contributed by atoms with van der Waals surface area (Å²) in [5.41, 5.74) is 7.40. The molecular weight excluding hydrogens is 438 g/mol. The van der Waals surface area contributed by atoms with E-state index in [4.69, 9.17) is 4.74 Å². The molecule has 0 aliphatic rings. The van der Waals surface area contributed by atoms with Crippen LogP contribution in [-0.2, 0) is 9.59 Å². The van der Waals surface area contributed by atoms with E-state index in [1.54, 1.807) is 38.1 Å². The maximum Gasteiger partial charge on any atom is 0.276 e. The second-order valence-corrected chi connectivity index (χ2v) is 7.80. The van der Waals surface area contributed by atoms with Crippen molar-refractivity contribution in [1.29, 1.82) is 0 Å². The summed E-state index contributed by atoms with van der Waals surface area (Å²) in [5, 5.41) is 2.74. The molecule has 0 atom stereocenters. The molecule has 29 heavy (non-hydrogen) atoms. The van der Waals surface area contributed by atoms with E-state index in [2.05, 4.69) is 32.1 Å². The summed E-state index contributed by atoms with van der Waals surface area (Å²) in [4.78, 5) is 35.8. The van der Waals surface area contributed by atoms with Crippen molar-refractivity contribution in [3.8, 4) is 5.75 Å². The third kappa shape index (κ3) is 6.60. The van der Waals surface area contributed by atoms with Gasteiger partial charge >= 0.3 is 0 Å². The minimum atomic E-state index is -0.485. The van der Waals surface area contributed by atoms with E-state index in [-0.39, 0.29) is 18.4 Å². The molecule has 0 bridgehead atoms. The van der Waals surface area contributed by atoms with E-state index < -0.39 is 11.8 Å². The number of anilines is 1. The summed E-state index contributed by atoms with van der Waals surface area (Å²) >= 11 is 3.41. The van der Waals surface area contributed by atoms with Crippen molar-refractivity contribution >= 4 is 39.3 Å². The minimum Gasteiger partial charge on any atom is -0.483 e. The van der Waals surface area contributed by atoms with Gasteiger partial charge in [0.25, 0.3) is 11.8 Å². The zero-order valence-corrected chi connectivity index (χ0v) is 18.3. The Balaban J connectivity index is 1.84. The van der Waals surface area contributed by atoms with Crippen LogP contribution in [0.15, 0.2) is 40.9 Å². The fraction of sp³-hybridized carbons (Fsp3) is 0.286. The second-order valence-electron chi connectivity index (χ2n) is 6.88. The van der Waals surface area contributed by atoms with E-state index in [0.717, 1.165) is 15.6 Å². The predicted octanol–water partition coefficient (Wildman–Crippen LogP) is 3.50. The molecule has 2 rings (SSSR count). The van der Waals surface area contributed by atoms with E-state index in [0.29, 0.717) is 17.0 Å². The van der Waals surface area contributed by atoms with Crippen LogP contribution >= 0.6 is 15.9 Å². The predicted molar refractivity (Wildman–Crippen MR) is 115 cm³/mol. The molecule has 8 heteroatoms. The number of carbonyl (C=O) groups excluding carboxylic acids is 3. The number of amides is 3. The van der Waals surface area contributed by atoms with Gasteiger partial charge in [-0.05, 0) is 61.4 Å². The molecule has 2 aromatic rings. The van der Waals surface area contributed by atoms with E-state index in [1.165, 1.54) is 0 Å². The van der Waals surface area contributed by atoms with Crippen molar-refractivity contribution in [1.82, 2.24) is 10.9 Å². The number of carbonyl (C=O) groups is 3. The van der Waals surface area contributed by atoms with Crippen LogP contribution in [0, 0.1) is 19.8 Å². The fourth-order valence-electron chi connectivity index (χ4n) is 2.49. The highest BCUT2D eigenvalue weighted by Crippen LogP contribution is 2.27. The van der Waals surface area contributed by atoms with Crippen LogP contribution in [0.25, 0.3) is 0 Å². The van der Waals surface area contributed by atoms with Crippen molar-refractivity contribution in [2.45, 2.75) is 27.7 Å². The standard InChI is InChI=1S/C21H24BrN3O4/c1-12(2)20(27)23-17-7-5-15(6-8-17)21(28)25-24-18(26)11-29-19-13(3)9-16(22)10-14(19)4/h5-10,12H,11H2,1-4H3,(H,23,27)(H,24,26)(H,25,28). The van der Waals surface area contributed by atoms with Gasteiger partial charge in [0.05, 0.1) is 0 Å². The van der Waals surface area contributed by atoms with Gasteiger partial charge < -0.3 is 10.1 Å². The number of hydrazine groups is 1. The molecule has 0 aliphatic carbocycles. The van der Waals surface area contributed by atoms with Gasteiger partial charge in [-0.15, -0.1) is 0 Å². The summed E-state index contributed by atoms with van der Waals surface area (Å²) < 4.78 is 6.51. The molecule has 0 unspecified atom stereocenters. The molecule has 0 heterocycles. The summed E-state index contributed by atoms with van der Waals surface area (Å²) in [6.45, 7) is 7.13. The lowest BCUT2D eigenvalue weighted by molar-refractivity contribution is -0.124. The normalized spacial score (nSPS) is 10.4. The molecule has 154 valence electrons. The molecule has 7 nitrogen and oxygen atoms in total. The van der Waals surface area contributed by atoms with Crippen LogP contribution < -0.4 is 20.9 Å². The average Bonchev–Trinajstić information content (AvgIpc) is 2.65. The lowest BCUT2D eigenvalue weighted by Gasteiger charge is -2.13. The number of halogens is 1. The van der Waals surface area contributed by atoms with Crippen LogP contribution in [0.4, 0.5) is 5.69 Å². The molecule has 0 saturated carbocycles. The van der Waals surface area contributed by atoms with Crippen LogP contribution in [0.3, 0.4) is 0 Å². The highest BCUT2D eigenvalue weighted by atomic mass is 79.9. The molecule has 3 N–H and O–H groups in total. The monoisotopic (exact) mass is 461 g/mol. The fourth-order valence-corrected chi connectivity index (χ4v) is 3.18. The zero-order chi connectivity index (χ0) is 21.6. The number of hydrogen-bond acceptors (Lipinski definition) is 4. The minimum absolute atomic E-state index is 0.106. The SMILES string of the molecule is Cc1cc(Br)cc(C)c1OCC(=O)NNC(=O)c1ccc(NC(=O)C(C)C)cc1. The van der Waals surface area contributed by atoms with Crippen LogP contribution in [0.2, 0.25) is 0 Å². The van der Waals surface area contributed by atoms with Crippen molar-refractivity contribution in [2.24, 2.45) is 5.92 Å². The first-order chi connectivity index (χ1) is 13.7. The van der Waals surface area contributed by atoms with Gasteiger partial charge in [0, 0.05) is 21.6 Å². The number of hydrogen-bond donors (Lipinski definition) is 3. The number of benzene rings is 2. The maximum atomic E-state index is 12.2. The smallest absolute Gasteiger partial charge is 0.276 e. The van der Waals surface area contributed by atoms with Crippen molar-refractivity contribution < 1.29 is 19.1 Å². The van der Waals surface area contributed by atoms with E-state index >= 15 is 0 Å². The molecule has 0 fully saturated rings. The topological polar surface area (TPSA) is 96.5 Å². The zero-order valence-electron chi connectivity index (χ0n) is 16.8. The molecule has 0 spiro atoms. The Morgan fingerprint density at radius 3 is 2.14 bits per heavy atom. The van der Waals surface area contributed by atoms with E-state index in [1.807, 2.05) is 26.0 Å². The summed E-state index contributed by atoms with van der Waals surface area (Å²) in [5.74, 6) is -0.572. The van der Waals surface area contributed by atoms with Crippen LogP contribution in [0.5, 0.6) is 5.75 Å². The van der Waals surface area contributed by atoms with Crippen LogP contribution in [-0.4, -0.2) is 24.3 Å². The first-order valence-corrected chi connectivity index (χ1v) is 9.86. The Labute approximate surface area is 178 Å². The number of aryl methyl sites for hydroxylation is 2. The Kier molecular flexibility index (Phi) is 7.78. The lowest BCUT2D eigenvalue weighted by Crippen LogP contribution is -2.43. The Morgan fingerprint density at radius 2 is 1.59 bits per heavy atom. The van der Waals surface area contributed by atoms with Gasteiger partial charge in [-0.25, -0.2) is 0 Å². The van der Waals surface area contributed by atoms with Gasteiger partial charge in [-0.1, -0.05) is 29.8 Å². The molecule has 0 aliphatic heterocycles. The van der Waals surface area contributed by atoms with Gasteiger partial charge in [0.1, 0.15) is 5.75 Å². The Morgan fingerprint density at radius 1 is 1.00 bits per heavy atom. The molecular formula is C21H24BrN3O4. The molecule has 0 saturated heterocycles. The second kappa shape index (κ2) is 10.1. The Hall–Kier alpha value is -2.87. The largest absolute Gasteiger partial charge is 0.483 e. The number of rotatable bonds is 6. The Bertz CT molecular complexity index is 888. The lowest BCUT2D eigenvalue weighted by atomic mass is 10.1. The molecule has 0 aromatic heterocycles. The van der Waals surface area contributed by atoms with Gasteiger partial charge in [-0.3, -0.25) is 25.2 Å². The molecule has 0 radical (unpaired) electrons. The van der Waals surface area contributed by atoms with Crippen molar-refractivity contribution in [3.05, 3.63) is 57.6 Å². The summed E-state index contributed by atoms with van der Waals surface area (Å²) in [7, 11) is 0. The maximum absolute atomic E-state index is 12.2. The summed E-state index contributed by atoms with van der Waals surface area (Å²) in [6.07, 6.45) is 0. The van der Waals surface area contributed by atoms with Crippen LogP contribution in [0.1, 0.15) is 35.3 Å². The first kappa shape index (κ1) is 22.4. The highest BCUT2D eigenvalue weighted by molar-refractivity contribution is 9.10. The summed E-state index contributed by atoms with van der Waals surface area (Å²) in [6, 6.07) is 10.2. The third-order valence-electron chi connectivity index (χ3n) is 4.03. The van der Waals surface area contributed by atoms with Crippen molar-refractivity contribution in [2.75, 3.05) is 11.9 Å². The number of ether oxygens (including phenoxy) is 1.